The standard InChI is InChI=1S/C18H11ClN4O/c19-16-6-5-13(11-21-16)24-18-14-3-1-2-4-15(14)22-17(23-18)12-7-9-20-10-8-12/h1-11H. The molecule has 0 aliphatic carbocycles. The zero-order valence-corrected chi connectivity index (χ0v) is 13.2. The van der Waals surface area contributed by atoms with Gasteiger partial charge in [-0.25, -0.2) is 9.97 Å². The van der Waals surface area contributed by atoms with Crippen LogP contribution in [0.15, 0.2) is 67.1 Å². The van der Waals surface area contributed by atoms with Gasteiger partial charge < -0.3 is 4.74 Å². The zero-order chi connectivity index (χ0) is 16.4. The number of hydrogen-bond donors (Lipinski definition) is 0. The van der Waals surface area contributed by atoms with E-state index in [4.69, 9.17) is 16.3 Å². The van der Waals surface area contributed by atoms with Crippen molar-refractivity contribution in [1.29, 1.82) is 0 Å². The highest BCUT2D eigenvalue weighted by Crippen LogP contribution is 2.29. The number of aromatic nitrogens is 4. The van der Waals surface area contributed by atoms with Crippen molar-refractivity contribution in [2.45, 2.75) is 0 Å². The van der Waals surface area contributed by atoms with E-state index in [1.807, 2.05) is 36.4 Å². The monoisotopic (exact) mass is 334 g/mol. The van der Waals surface area contributed by atoms with E-state index in [9.17, 15) is 0 Å². The summed E-state index contributed by atoms with van der Waals surface area (Å²) in [5.41, 5.74) is 1.67. The van der Waals surface area contributed by atoms with Crippen LogP contribution in [0.25, 0.3) is 22.3 Å². The van der Waals surface area contributed by atoms with Gasteiger partial charge in [0.2, 0.25) is 5.88 Å². The lowest BCUT2D eigenvalue weighted by atomic mass is 10.2. The molecule has 6 heteroatoms. The summed E-state index contributed by atoms with van der Waals surface area (Å²) in [6.07, 6.45) is 4.97. The summed E-state index contributed by atoms with van der Waals surface area (Å²) >= 11 is 5.82. The van der Waals surface area contributed by atoms with Crippen LogP contribution >= 0.6 is 11.6 Å². The second kappa shape index (κ2) is 6.22. The maximum Gasteiger partial charge on any atom is 0.230 e. The van der Waals surface area contributed by atoms with Crippen molar-refractivity contribution in [2.24, 2.45) is 0 Å². The summed E-state index contributed by atoms with van der Waals surface area (Å²) in [4.78, 5) is 17.2. The van der Waals surface area contributed by atoms with E-state index < -0.39 is 0 Å². The largest absolute Gasteiger partial charge is 0.437 e. The molecule has 0 bridgehead atoms. The Kier molecular flexibility index (Phi) is 3.76. The maximum absolute atomic E-state index is 5.92. The number of nitrogens with zero attached hydrogens (tertiary/aromatic N) is 4. The van der Waals surface area contributed by atoms with Gasteiger partial charge in [0.25, 0.3) is 0 Å². The first-order valence-corrected chi connectivity index (χ1v) is 7.64. The van der Waals surface area contributed by atoms with E-state index in [2.05, 4.69) is 19.9 Å². The zero-order valence-electron chi connectivity index (χ0n) is 12.4. The molecule has 3 aromatic heterocycles. The Morgan fingerprint density at radius 2 is 1.71 bits per heavy atom. The van der Waals surface area contributed by atoms with Gasteiger partial charge in [-0.15, -0.1) is 0 Å². The summed E-state index contributed by atoms with van der Waals surface area (Å²) in [7, 11) is 0. The highest BCUT2D eigenvalue weighted by Gasteiger charge is 2.11. The topological polar surface area (TPSA) is 60.8 Å². The third-order valence-electron chi connectivity index (χ3n) is 3.42. The van der Waals surface area contributed by atoms with Gasteiger partial charge in [-0.1, -0.05) is 23.7 Å². The number of halogens is 1. The summed E-state index contributed by atoms with van der Waals surface area (Å²) in [5, 5.41) is 1.23. The van der Waals surface area contributed by atoms with Crippen LogP contribution in [0.4, 0.5) is 0 Å². The van der Waals surface area contributed by atoms with Gasteiger partial charge in [0.1, 0.15) is 10.9 Å². The van der Waals surface area contributed by atoms with Crippen LogP contribution in [-0.2, 0) is 0 Å². The average molecular weight is 335 g/mol. The van der Waals surface area contributed by atoms with E-state index in [-0.39, 0.29) is 0 Å². The average Bonchev–Trinajstić information content (AvgIpc) is 2.64. The van der Waals surface area contributed by atoms with E-state index in [1.165, 1.54) is 0 Å². The molecule has 24 heavy (non-hydrogen) atoms. The van der Waals surface area contributed by atoms with E-state index >= 15 is 0 Å². The minimum atomic E-state index is 0.410. The van der Waals surface area contributed by atoms with Gasteiger partial charge in [-0.2, -0.15) is 4.98 Å². The van der Waals surface area contributed by atoms with Crippen molar-refractivity contribution in [3.05, 3.63) is 72.3 Å². The highest BCUT2D eigenvalue weighted by atomic mass is 35.5. The number of ether oxygens (including phenoxy) is 1. The van der Waals surface area contributed by atoms with E-state index in [1.54, 1.807) is 30.7 Å². The van der Waals surface area contributed by atoms with Crippen molar-refractivity contribution < 1.29 is 4.74 Å². The Hall–Kier alpha value is -3.05. The Bertz CT molecular complexity index is 991. The van der Waals surface area contributed by atoms with Crippen molar-refractivity contribution in [2.75, 3.05) is 0 Å². The van der Waals surface area contributed by atoms with Crippen LogP contribution in [0.2, 0.25) is 5.15 Å². The highest BCUT2D eigenvalue weighted by molar-refractivity contribution is 6.29. The first-order chi connectivity index (χ1) is 11.8. The Morgan fingerprint density at radius 1 is 0.875 bits per heavy atom. The molecule has 116 valence electrons. The predicted molar refractivity (Wildman–Crippen MR) is 92.1 cm³/mol. The quantitative estimate of drug-likeness (QED) is 0.515. The number of benzene rings is 1. The molecule has 0 N–H and O–H groups in total. The minimum Gasteiger partial charge on any atom is -0.437 e. The molecular formula is C18H11ClN4O. The molecule has 4 rings (SSSR count). The first-order valence-electron chi connectivity index (χ1n) is 7.26. The number of pyridine rings is 2. The van der Waals surface area contributed by atoms with Crippen LogP contribution in [0.3, 0.4) is 0 Å². The van der Waals surface area contributed by atoms with Crippen LogP contribution in [0, 0.1) is 0 Å². The molecule has 3 heterocycles. The van der Waals surface area contributed by atoms with Gasteiger partial charge in [0.15, 0.2) is 5.82 Å². The lowest BCUT2D eigenvalue weighted by Gasteiger charge is -2.10. The molecule has 0 unspecified atom stereocenters. The first kappa shape index (κ1) is 14.5. The molecule has 0 spiro atoms. The number of para-hydroxylation sites is 1. The lowest BCUT2D eigenvalue weighted by Crippen LogP contribution is -1.96. The van der Waals surface area contributed by atoms with Crippen molar-refractivity contribution in [3.8, 4) is 23.0 Å². The predicted octanol–water partition coefficient (Wildman–Crippen LogP) is 4.53. The molecule has 0 amide bonds. The maximum atomic E-state index is 5.92. The molecule has 0 saturated carbocycles. The molecule has 0 atom stereocenters. The van der Waals surface area contributed by atoms with Crippen molar-refractivity contribution >= 4 is 22.5 Å². The molecule has 4 aromatic rings. The van der Waals surface area contributed by atoms with Crippen LogP contribution in [0.5, 0.6) is 11.6 Å². The van der Waals surface area contributed by atoms with Gasteiger partial charge in [0.05, 0.1) is 17.1 Å². The van der Waals surface area contributed by atoms with Crippen LogP contribution in [-0.4, -0.2) is 19.9 Å². The molecule has 0 aliphatic heterocycles. The molecule has 0 aliphatic rings. The summed E-state index contributed by atoms with van der Waals surface area (Å²) in [6.45, 7) is 0. The van der Waals surface area contributed by atoms with Crippen molar-refractivity contribution in [1.82, 2.24) is 19.9 Å². The number of fused-ring (bicyclic) bond motifs is 1. The Balaban J connectivity index is 1.85. The lowest BCUT2D eigenvalue weighted by molar-refractivity contribution is 0.467. The fourth-order valence-electron chi connectivity index (χ4n) is 2.29. The molecule has 0 fully saturated rings. The minimum absolute atomic E-state index is 0.410. The second-order valence-electron chi connectivity index (χ2n) is 5.02. The SMILES string of the molecule is Clc1ccc(Oc2nc(-c3ccncc3)nc3ccccc23)cn1. The summed E-state index contributed by atoms with van der Waals surface area (Å²) in [6, 6.07) is 14.8. The van der Waals surface area contributed by atoms with E-state index in [0.29, 0.717) is 22.6 Å². The molecular weight excluding hydrogens is 324 g/mol. The van der Waals surface area contributed by atoms with Gasteiger partial charge >= 0.3 is 0 Å². The van der Waals surface area contributed by atoms with Gasteiger partial charge in [-0.3, -0.25) is 4.98 Å². The fraction of sp³-hybridized carbons (Fsp3) is 0. The Labute approximate surface area is 143 Å². The number of rotatable bonds is 3. The molecule has 5 nitrogen and oxygen atoms in total. The van der Waals surface area contributed by atoms with E-state index in [0.717, 1.165) is 16.5 Å². The van der Waals surface area contributed by atoms with Gasteiger partial charge in [0, 0.05) is 18.0 Å². The van der Waals surface area contributed by atoms with Crippen LogP contribution in [0.1, 0.15) is 0 Å². The van der Waals surface area contributed by atoms with Crippen LogP contribution < -0.4 is 4.74 Å². The normalized spacial score (nSPS) is 10.7. The molecule has 0 radical (unpaired) electrons. The summed E-state index contributed by atoms with van der Waals surface area (Å²) < 4.78 is 5.92. The third kappa shape index (κ3) is 2.89. The fourth-order valence-corrected chi connectivity index (χ4v) is 2.40. The Morgan fingerprint density at radius 3 is 2.50 bits per heavy atom. The molecule has 0 saturated heterocycles. The van der Waals surface area contributed by atoms with Gasteiger partial charge in [-0.05, 0) is 36.4 Å². The second-order valence-corrected chi connectivity index (χ2v) is 5.41. The smallest absolute Gasteiger partial charge is 0.230 e. The third-order valence-corrected chi connectivity index (χ3v) is 3.65. The molecule has 1 aromatic carbocycles. The van der Waals surface area contributed by atoms with Crippen molar-refractivity contribution in [3.63, 3.8) is 0 Å². The number of hydrogen-bond acceptors (Lipinski definition) is 5. The summed E-state index contributed by atoms with van der Waals surface area (Å²) in [5.74, 6) is 1.61.